The lowest BCUT2D eigenvalue weighted by Crippen LogP contribution is -2.43. The van der Waals surface area contributed by atoms with Gasteiger partial charge in [0.05, 0.1) is 20.6 Å². The zero-order valence-electron chi connectivity index (χ0n) is 18.4. The highest BCUT2D eigenvalue weighted by molar-refractivity contribution is 5.85. The Bertz CT molecular complexity index is 1000. The van der Waals surface area contributed by atoms with Crippen LogP contribution in [-0.4, -0.2) is 73.8 Å². The molecule has 172 valence electrons. The van der Waals surface area contributed by atoms with Gasteiger partial charge in [0.2, 0.25) is 6.79 Å². The summed E-state index contributed by atoms with van der Waals surface area (Å²) in [7, 11) is 2.78. The molecule has 0 radical (unpaired) electrons. The molecule has 1 aromatic rings. The molecule has 4 aliphatic rings. The van der Waals surface area contributed by atoms with Crippen LogP contribution < -0.4 is 9.47 Å². The largest absolute Gasteiger partial charge is 0.497 e. The molecule has 3 heterocycles. The topological polar surface area (TPSA) is 104 Å². The first kappa shape index (κ1) is 21.1. The predicted octanol–water partition coefficient (Wildman–Crippen LogP) is 1.27. The van der Waals surface area contributed by atoms with Crippen molar-refractivity contribution in [3.63, 3.8) is 0 Å². The summed E-state index contributed by atoms with van der Waals surface area (Å²) in [5, 5.41) is 10.6. The van der Waals surface area contributed by atoms with E-state index in [2.05, 4.69) is 9.64 Å². The fourth-order valence-corrected chi connectivity index (χ4v) is 5.41. The van der Waals surface area contributed by atoms with E-state index in [4.69, 9.17) is 18.9 Å². The number of esters is 2. The Balaban J connectivity index is 1.53. The number of carbonyl (C=O) groups is 2. The van der Waals surface area contributed by atoms with Crippen LogP contribution in [0.4, 0.5) is 0 Å². The quantitative estimate of drug-likeness (QED) is 0.671. The zero-order chi connectivity index (χ0) is 22.6. The molecule has 0 aromatic heterocycles. The third-order valence-corrected chi connectivity index (χ3v) is 6.93. The van der Waals surface area contributed by atoms with Crippen molar-refractivity contribution in [1.29, 1.82) is 0 Å². The third kappa shape index (κ3) is 3.22. The van der Waals surface area contributed by atoms with Crippen molar-refractivity contribution in [2.45, 2.75) is 49.9 Å². The van der Waals surface area contributed by atoms with Crippen molar-refractivity contribution in [2.24, 2.45) is 0 Å². The van der Waals surface area contributed by atoms with E-state index in [1.54, 1.807) is 7.11 Å². The number of hydrogen-bond donors (Lipinski definition) is 1. The number of aliphatic hydroxyl groups is 1. The first-order chi connectivity index (χ1) is 15.3. The van der Waals surface area contributed by atoms with Gasteiger partial charge in [0, 0.05) is 25.0 Å². The minimum absolute atomic E-state index is 0.0370. The molecule has 5 rings (SSSR count). The number of benzene rings is 1. The molecule has 1 aliphatic carbocycles. The highest BCUT2D eigenvalue weighted by Gasteiger charge is 2.54. The Morgan fingerprint density at radius 3 is 2.62 bits per heavy atom. The third-order valence-electron chi connectivity index (χ3n) is 6.93. The molecule has 9 nitrogen and oxygen atoms in total. The van der Waals surface area contributed by atoms with E-state index in [-0.39, 0.29) is 18.8 Å². The lowest BCUT2D eigenvalue weighted by atomic mass is 9.86. The maximum Gasteiger partial charge on any atom is 0.339 e. The molecule has 1 saturated heterocycles. The normalized spacial score (nSPS) is 27.3. The molecule has 1 N–H and O–H groups in total. The molecule has 9 heteroatoms. The van der Waals surface area contributed by atoms with Gasteiger partial charge in [0.25, 0.3) is 0 Å². The van der Waals surface area contributed by atoms with Crippen LogP contribution in [0.25, 0.3) is 0 Å². The van der Waals surface area contributed by atoms with Crippen LogP contribution in [0.15, 0.2) is 23.5 Å². The summed E-state index contributed by atoms with van der Waals surface area (Å²) in [5.41, 5.74) is 1.25. The predicted molar refractivity (Wildman–Crippen MR) is 110 cm³/mol. The van der Waals surface area contributed by atoms with Crippen molar-refractivity contribution >= 4 is 11.9 Å². The Kier molecular flexibility index (Phi) is 5.05. The van der Waals surface area contributed by atoms with E-state index in [1.165, 1.54) is 14.0 Å². The number of carbonyl (C=O) groups excluding carboxylic acids is 2. The molecule has 4 atom stereocenters. The highest BCUT2D eigenvalue weighted by atomic mass is 16.7. The average molecular weight is 445 g/mol. The summed E-state index contributed by atoms with van der Waals surface area (Å²) in [4.78, 5) is 27.1. The van der Waals surface area contributed by atoms with Gasteiger partial charge in [-0.3, -0.25) is 9.69 Å². The van der Waals surface area contributed by atoms with Crippen LogP contribution in [0.1, 0.15) is 36.8 Å². The van der Waals surface area contributed by atoms with Gasteiger partial charge in [0.1, 0.15) is 5.76 Å². The molecule has 0 spiro atoms. The van der Waals surface area contributed by atoms with Crippen LogP contribution in [0.2, 0.25) is 0 Å². The molecular formula is C23H27NO8. The maximum atomic E-state index is 13.0. The van der Waals surface area contributed by atoms with Crippen LogP contribution in [0, 0.1) is 0 Å². The first-order valence-electron chi connectivity index (χ1n) is 10.8. The van der Waals surface area contributed by atoms with Crippen molar-refractivity contribution in [3.05, 3.63) is 34.6 Å². The lowest BCUT2D eigenvalue weighted by Gasteiger charge is -2.31. The van der Waals surface area contributed by atoms with Gasteiger partial charge >= 0.3 is 11.9 Å². The van der Waals surface area contributed by atoms with E-state index in [0.717, 1.165) is 48.4 Å². The number of fused-ring (bicyclic) bond motifs is 3. The summed E-state index contributed by atoms with van der Waals surface area (Å²) >= 11 is 0. The fourth-order valence-electron chi connectivity index (χ4n) is 5.41. The standard InChI is InChI=1S/C23H27NO8/c1-23(27,10-17(25)28-2)22(26)32-21-18-14-9-16-15(30-11-31-16)8-12(14)4-6-24-7-5-13(19(18)24)20(21)29-3/h8-9,18-19,21,27H,4-7,10-11H2,1-3H3/t18-,19?,21?,23?/m0/s1. The van der Waals surface area contributed by atoms with Crippen molar-refractivity contribution in [2.75, 3.05) is 34.1 Å². The monoisotopic (exact) mass is 445 g/mol. The minimum atomic E-state index is -2.02. The average Bonchev–Trinajstić information content (AvgIpc) is 3.42. The van der Waals surface area contributed by atoms with Crippen molar-refractivity contribution in [1.82, 2.24) is 4.90 Å². The second kappa shape index (κ2) is 7.67. The molecule has 3 unspecified atom stereocenters. The van der Waals surface area contributed by atoms with Gasteiger partial charge in [-0.25, -0.2) is 4.79 Å². The number of hydrogen-bond acceptors (Lipinski definition) is 9. The van der Waals surface area contributed by atoms with Crippen LogP contribution in [-0.2, 0) is 30.2 Å². The molecule has 32 heavy (non-hydrogen) atoms. The molecule has 0 saturated carbocycles. The SMILES string of the molecule is COC(=O)CC(C)(O)C(=O)OC1C(OC)=C2CCN3CCc4cc5c(cc4[C@H]1C23)OCO5. The van der Waals surface area contributed by atoms with Crippen LogP contribution in [0.3, 0.4) is 0 Å². The molecular weight excluding hydrogens is 418 g/mol. The molecule has 3 aliphatic heterocycles. The van der Waals surface area contributed by atoms with Gasteiger partial charge in [-0.2, -0.15) is 0 Å². The highest BCUT2D eigenvalue weighted by Crippen LogP contribution is 2.52. The Hall–Kier alpha value is -2.78. The van der Waals surface area contributed by atoms with Crippen LogP contribution in [0.5, 0.6) is 11.5 Å². The summed E-state index contributed by atoms with van der Waals surface area (Å²) in [6.07, 6.45) is 0.451. The second-order valence-electron chi connectivity index (χ2n) is 8.86. The van der Waals surface area contributed by atoms with Crippen molar-refractivity contribution < 1.29 is 38.4 Å². The molecule has 1 aromatic carbocycles. The van der Waals surface area contributed by atoms with Gasteiger partial charge in [-0.15, -0.1) is 0 Å². The Labute approximate surface area is 185 Å². The lowest BCUT2D eigenvalue weighted by molar-refractivity contribution is -0.175. The summed E-state index contributed by atoms with van der Waals surface area (Å²) in [6, 6.07) is 4.03. The van der Waals surface area contributed by atoms with E-state index < -0.39 is 30.1 Å². The number of ether oxygens (including phenoxy) is 5. The zero-order valence-corrected chi connectivity index (χ0v) is 18.4. The van der Waals surface area contributed by atoms with E-state index in [9.17, 15) is 14.7 Å². The summed E-state index contributed by atoms with van der Waals surface area (Å²) in [6.45, 7) is 3.22. The fraction of sp³-hybridized carbons (Fsp3) is 0.565. The summed E-state index contributed by atoms with van der Waals surface area (Å²) in [5.74, 6) is 0.215. The van der Waals surface area contributed by atoms with Gasteiger partial charge in [-0.1, -0.05) is 0 Å². The Morgan fingerprint density at radius 1 is 1.19 bits per heavy atom. The van der Waals surface area contributed by atoms with Gasteiger partial charge in [0.15, 0.2) is 23.2 Å². The van der Waals surface area contributed by atoms with E-state index in [1.807, 2.05) is 12.1 Å². The number of methoxy groups -OCH3 is 2. The van der Waals surface area contributed by atoms with Gasteiger partial charge < -0.3 is 28.8 Å². The van der Waals surface area contributed by atoms with E-state index >= 15 is 0 Å². The molecule has 0 bridgehead atoms. The molecule has 0 amide bonds. The van der Waals surface area contributed by atoms with E-state index in [0.29, 0.717) is 11.5 Å². The van der Waals surface area contributed by atoms with Gasteiger partial charge in [-0.05, 0) is 48.6 Å². The maximum absolute atomic E-state index is 13.0. The number of rotatable bonds is 5. The van der Waals surface area contributed by atoms with Crippen molar-refractivity contribution in [3.8, 4) is 11.5 Å². The first-order valence-corrected chi connectivity index (χ1v) is 10.8. The smallest absolute Gasteiger partial charge is 0.339 e. The number of nitrogens with zero attached hydrogens (tertiary/aromatic N) is 1. The second-order valence-corrected chi connectivity index (χ2v) is 8.86. The summed E-state index contributed by atoms with van der Waals surface area (Å²) < 4.78 is 27.5. The van der Waals surface area contributed by atoms with Crippen LogP contribution >= 0.6 is 0 Å². The minimum Gasteiger partial charge on any atom is -0.497 e. The molecule has 1 fully saturated rings. The Morgan fingerprint density at radius 2 is 1.91 bits per heavy atom.